The van der Waals surface area contributed by atoms with Gasteiger partial charge < -0.3 is 15.4 Å². The van der Waals surface area contributed by atoms with E-state index < -0.39 is 5.97 Å². The molecule has 6 heteroatoms. The van der Waals surface area contributed by atoms with Crippen molar-refractivity contribution in [1.82, 2.24) is 0 Å². The van der Waals surface area contributed by atoms with Gasteiger partial charge in [0.1, 0.15) is 0 Å². The summed E-state index contributed by atoms with van der Waals surface area (Å²) in [5, 5.41) is 14.5. The molecular weight excluding hydrogens is 294 g/mol. The molecule has 0 fully saturated rings. The molecule has 0 radical (unpaired) electrons. The molecule has 116 valence electrons. The molecule has 0 saturated carbocycles. The van der Waals surface area contributed by atoms with Gasteiger partial charge in [0, 0.05) is 11.4 Å². The Kier molecular flexibility index (Phi) is 5.31. The Morgan fingerprint density at radius 2 is 1.87 bits per heavy atom. The SMILES string of the molecule is COC(=O)c1ccc(NC(=O)CNc2cccc(C#N)c2)cc1. The first-order chi connectivity index (χ1) is 11.1. The average molecular weight is 309 g/mol. The predicted molar refractivity (Wildman–Crippen MR) is 86.1 cm³/mol. The number of ether oxygens (including phenoxy) is 1. The number of amides is 1. The van der Waals surface area contributed by atoms with E-state index in [-0.39, 0.29) is 12.5 Å². The summed E-state index contributed by atoms with van der Waals surface area (Å²) in [6.07, 6.45) is 0. The molecule has 0 aliphatic rings. The number of carbonyl (C=O) groups excluding carboxylic acids is 2. The molecule has 2 aromatic carbocycles. The minimum Gasteiger partial charge on any atom is -0.465 e. The fourth-order valence-corrected chi connectivity index (χ4v) is 1.89. The lowest BCUT2D eigenvalue weighted by atomic mass is 10.2. The van der Waals surface area contributed by atoms with Crippen LogP contribution in [0.5, 0.6) is 0 Å². The molecule has 0 heterocycles. The molecule has 0 aliphatic heterocycles. The van der Waals surface area contributed by atoms with Gasteiger partial charge in [-0.2, -0.15) is 5.26 Å². The lowest BCUT2D eigenvalue weighted by Crippen LogP contribution is -2.21. The Morgan fingerprint density at radius 3 is 2.52 bits per heavy atom. The van der Waals surface area contributed by atoms with E-state index in [0.717, 1.165) is 0 Å². The highest BCUT2D eigenvalue weighted by molar-refractivity contribution is 5.95. The van der Waals surface area contributed by atoms with E-state index in [1.165, 1.54) is 7.11 Å². The molecule has 2 rings (SSSR count). The quantitative estimate of drug-likeness (QED) is 0.828. The van der Waals surface area contributed by atoms with E-state index in [1.54, 1.807) is 48.5 Å². The normalized spacial score (nSPS) is 9.57. The fraction of sp³-hybridized carbons (Fsp3) is 0.118. The van der Waals surface area contributed by atoms with Gasteiger partial charge in [-0.25, -0.2) is 4.79 Å². The molecule has 0 saturated heterocycles. The smallest absolute Gasteiger partial charge is 0.337 e. The summed E-state index contributed by atoms with van der Waals surface area (Å²) in [4.78, 5) is 23.2. The van der Waals surface area contributed by atoms with E-state index in [9.17, 15) is 9.59 Å². The first kappa shape index (κ1) is 16.0. The number of carbonyl (C=O) groups is 2. The second-order valence-corrected chi connectivity index (χ2v) is 4.66. The minimum absolute atomic E-state index is 0.0631. The number of nitriles is 1. The third-order valence-electron chi connectivity index (χ3n) is 3.03. The first-order valence-electron chi connectivity index (χ1n) is 6.84. The van der Waals surface area contributed by atoms with Crippen molar-refractivity contribution in [3.8, 4) is 6.07 Å². The first-order valence-corrected chi connectivity index (χ1v) is 6.84. The van der Waals surface area contributed by atoms with Crippen LogP contribution in [0, 0.1) is 11.3 Å². The van der Waals surface area contributed by atoms with Crippen molar-refractivity contribution in [2.75, 3.05) is 24.3 Å². The Balaban J connectivity index is 1.89. The van der Waals surface area contributed by atoms with Gasteiger partial charge >= 0.3 is 5.97 Å². The van der Waals surface area contributed by atoms with Gasteiger partial charge in [0.2, 0.25) is 5.91 Å². The monoisotopic (exact) mass is 309 g/mol. The van der Waals surface area contributed by atoms with Gasteiger partial charge in [0.15, 0.2) is 0 Å². The summed E-state index contributed by atoms with van der Waals surface area (Å²) >= 11 is 0. The van der Waals surface area contributed by atoms with Crippen molar-refractivity contribution < 1.29 is 14.3 Å². The molecule has 1 amide bonds. The van der Waals surface area contributed by atoms with Crippen LogP contribution < -0.4 is 10.6 Å². The van der Waals surface area contributed by atoms with Crippen LogP contribution in [0.1, 0.15) is 15.9 Å². The van der Waals surface area contributed by atoms with Crippen molar-refractivity contribution >= 4 is 23.3 Å². The average Bonchev–Trinajstić information content (AvgIpc) is 2.60. The van der Waals surface area contributed by atoms with Crippen molar-refractivity contribution in [3.05, 3.63) is 59.7 Å². The van der Waals surface area contributed by atoms with Gasteiger partial charge in [-0.15, -0.1) is 0 Å². The number of hydrogen-bond acceptors (Lipinski definition) is 5. The molecule has 0 bridgehead atoms. The molecule has 0 aliphatic carbocycles. The second kappa shape index (κ2) is 7.61. The highest BCUT2D eigenvalue weighted by atomic mass is 16.5. The summed E-state index contributed by atoms with van der Waals surface area (Å²) < 4.78 is 4.60. The Hall–Kier alpha value is -3.33. The largest absolute Gasteiger partial charge is 0.465 e. The van der Waals surface area contributed by atoms with Gasteiger partial charge in [-0.05, 0) is 42.5 Å². The number of hydrogen-bond donors (Lipinski definition) is 2. The van der Waals surface area contributed by atoms with Crippen molar-refractivity contribution in [1.29, 1.82) is 5.26 Å². The van der Waals surface area contributed by atoms with Crippen LogP contribution in [0.25, 0.3) is 0 Å². The van der Waals surface area contributed by atoms with Crippen LogP contribution in [0.15, 0.2) is 48.5 Å². The lowest BCUT2D eigenvalue weighted by Gasteiger charge is -2.08. The zero-order valence-electron chi connectivity index (χ0n) is 12.5. The van der Waals surface area contributed by atoms with Crippen LogP contribution in [0.3, 0.4) is 0 Å². The van der Waals surface area contributed by atoms with Crippen molar-refractivity contribution in [3.63, 3.8) is 0 Å². The highest BCUT2D eigenvalue weighted by Crippen LogP contribution is 2.11. The fourth-order valence-electron chi connectivity index (χ4n) is 1.89. The van der Waals surface area contributed by atoms with E-state index in [2.05, 4.69) is 15.4 Å². The van der Waals surface area contributed by atoms with Gasteiger partial charge in [0.05, 0.1) is 30.9 Å². The molecule has 0 unspecified atom stereocenters. The highest BCUT2D eigenvalue weighted by Gasteiger charge is 2.06. The molecule has 23 heavy (non-hydrogen) atoms. The van der Waals surface area contributed by atoms with Gasteiger partial charge in [0.25, 0.3) is 0 Å². The Labute approximate surface area is 133 Å². The Bertz CT molecular complexity index is 748. The van der Waals surface area contributed by atoms with E-state index >= 15 is 0 Å². The maximum absolute atomic E-state index is 11.9. The zero-order valence-corrected chi connectivity index (χ0v) is 12.5. The predicted octanol–water partition coefficient (Wildman–Crippen LogP) is 2.40. The molecule has 2 aromatic rings. The zero-order chi connectivity index (χ0) is 16.7. The second-order valence-electron chi connectivity index (χ2n) is 4.66. The maximum atomic E-state index is 11.9. The summed E-state index contributed by atoms with van der Waals surface area (Å²) in [6.45, 7) is 0.0631. The van der Waals surface area contributed by atoms with Crippen molar-refractivity contribution in [2.24, 2.45) is 0 Å². The third-order valence-corrected chi connectivity index (χ3v) is 3.03. The lowest BCUT2D eigenvalue weighted by molar-refractivity contribution is -0.114. The van der Waals surface area contributed by atoms with Crippen LogP contribution in [0.4, 0.5) is 11.4 Å². The Morgan fingerprint density at radius 1 is 1.13 bits per heavy atom. The van der Waals surface area contributed by atoms with E-state index in [1.807, 2.05) is 6.07 Å². The third kappa shape index (κ3) is 4.58. The van der Waals surface area contributed by atoms with Gasteiger partial charge in [-0.3, -0.25) is 4.79 Å². The summed E-state index contributed by atoms with van der Waals surface area (Å²) in [5.74, 6) is -0.667. The molecule has 0 aromatic heterocycles. The van der Waals surface area contributed by atoms with Crippen LogP contribution in [0.2, 0.25) is 0 Å². The number of nitrogens with one attached hydrogen (secondary N) is 2. The number of benzene rings is 2. The standard InChI is InChI=1S/C17H15N3O3/c1-23-17(22)13-5-7-14(8-6-13)20-16(21)11-19-15-4-2-3-12(9-15)10-18/h2-9,19H,11H2,1H3,(H,20,21). The summed E-state index contributed by atoms with van der Waals surface area (Å²) in [7, 11) is 1.31. The summed E-state index contributed by atoms with van der Waals surface area (Å²) in [5.41, 5.74) is 2.21. The maximum Gasteiger partial charge on any atom is 0.337 e. The molecular formula is C17H15N3O3. The van der Waals surface area contributed by atoms with E-state index in [0.29, 0.717) is 22.5 Å². The van der Waals surface area contributed by atoms with Crippen molar-refractivity contribution in [2.45, 2.75) is 0 Å². The number of nitrogens with zero attached hydrogens (tertiary/aromatic N) is 1. The number of esters is 1. The van der Waals surface area contributed by atoms with E-state index in [4.69, 9.17) is 5.26 Å². The molecule has 0 atom stereocenters. The van der Waals surface area contributed by atoms with Crippen LogP contribution in [-0.4, -0.2) is 25.5 Å². The molecule has 0 spiro atoms. The molecule has 6 nitrogen and oxygen atoms in total. The minimum atomic E-state index is -0.429. The number of methoxy groups -OCH3 is 1. The topological polar surface area (TPSA) is 91.2 Å². The van der Waals surface area contributed by atoms with Crippen LogP contribution >= 0.6 is 0 Å². The summed E-state index contributed by atoms with van der Waals surface area (Å²) in [6, 6.07) is 15.3. The molecule has 2 N–H and O–H groups in total. The van der Waals surface area contributed by atoms with Gasteiger partial charge in [-0.1, -0.05) is 6.07 Å². The number of anilines is 2. The van der Waals surface area contributed by atoms with Crippen LogP contribution in [-0.2, 0) is 9.53 Å². The number of rotatable bonds is 5.